The molecule has 1 amide bonds. The lowest BCUT2D eigenvalue weighted by molar-refractivity contribution is -0.141. The number of hydrogen-bond acceptors (Lipinski definition) is 5. The Morgan fingerprint density at radius 3 is 2.51 bits per heavy atom. The first-order valence-corrected chi connectivity index (χ1v) is 10.4. The summed E-state index contributed by atoms with van der Waals surface area (Å²) in [4.78, 5) is 19.8. The van der Waals surface area contributed by atoms with E-state index in [1.165, 1.54) is 24.5 Å². The van der Waals surface area contributed by atoms with Crippen LogP contribution in [0.4, 0.5) is 18.9 Å². The average molecular weight is 477 g/mol. The number of nitrogens with two attached hydrogens (primary N) is 2. The zero-order valence-electron chi connectivity index (χ0n) is 18.3. The number of carbonyl (C=O) groups excluding carboxylic acids is 1. The highest BCUT2D eigenvalue weighted by Gasteiger charge is 2.34. The zero-order chi connectivity index (χ0) is 24.9. The summed E-state index contributed by atoms with van der Waals surface area (Å²) in [7, 11) is 1.78. The lowest BCUT2D eigenvalue weighted by atomic mass is 9.99. The summed E-state index contributed by atoms with van der Waals surface area (Å²) in [5, 5.41) is 4.88. The van der Waals surface area contributed by atoms with Crippen LogP contribution in [-0.4, -0.2) is 30.2 Å². The summed E-state index contributed by atoms with van der Waals surface area (Å²) in [6.45, 7) is 0. The Bertz CT molecular complexity index is 1600. The van der Waals surface area contributed by atoms with Gasteiger partial charge in [-0.15, -0.1) is 0 Å². The standard InChI is InChI=1S/C24H18F3N7O/c1-33-10-14(9-31-33)19-11-34(12-30-19)20-4-2-3-15-17(20)8-21(24(25,26)27)32-22(15)16-6-5-13(23(29)35)7-18(16)28/h2-12H,28H2,1H3,(H2,29,35). The van der Waals surface area contributed by atoms with Gasteiger partial charge >= 0.3 is 6.18 Å². The Morgan fingerprint density at radius 2 is 1.86 bits per heavy atom. The minimum atomic E-state index is -4.70. The molecule has 176 valence electrons. The van der Waals surface area contributed by atoms with Crippen molar-refractivity contribution in [2.75, 3.05) is 5.73 Å². The fourth-order valence-electron chi connectivity index (χ4n) is 3.93. The smallest absolute Gasteiger partial charge is 0.398 e. The van der Waals surface area contributed by atoms with Crippen LogP contribution >= 0.6 is 0 Å². The highest BCUT2D eigenvalue weighted by molar-refractivity contribution is 6.02. The third-order valence-electron chi connectivity index (χ3n) is 5.59. The summed E-state index contributed by atoms with van der Waals surface area (Å²) in [5.41, 5.74) is 12.7. The van der Waals surface area contributed by atoms with Crippen LogP contribution in [0.25, 0.3) is 39.0 Å². The monoisotopic (exact) mass is 477 g/mol. The number of nitrogens with zero attached hydrogens (tertiary/aromatic N) is 5. The number of carbonyl (C=O) groups is 1. The summed E-state index contributed by atoms with van der Waals surface area (Å²) in [6, 6.07) is 10.3. The van der Waals surface area contributed by atoms with E-state index in [9.17, 15) is 18.0 Å². The molecule has 5 rings (SSSR count). The van der Waals surface area contributed by atoms with Crippen LogP contribution in [0.5, 0.6) is 0 Å². The Labute approximate surface area is 196 Å². The molecule has 0 atom stereocenters. The molecule has 2 aromatic carbocycles. The maximum atomic E-state index is 13.9. The van der Waals surface area contributed by atoms with Crippen LogP contribution in [0.2, 0.25) is 0 Å². The molecule has 0 aliphatic carbocycles. The van der Waals surface area contributed by atoms with Crippen molar-refractivity contribution in [3.05, 3.63) is 78.6 Å². The first-order valence-electron chi connectivity index (χ1n) is 10.4. The molecule has 0 saturated heterocycles. The van der Waals surface area contributed by atoms with Crippen LogP contribution in [0.15, 0.2) is 67.4 Å². The van der Waals surface area contributed by atoms with Gasteiger partial charge < -0.3 is 16.0 Å². The van der Waals surface area contributed by atoms with Gasteiger partial charge in [0.25, 0.3) is 0 Å². The number of benzene rings is 2. The van der Waals surface area contributed by atoms with Crippen LogP contribution in [-0.2, 0) is 13.2 Å². The normalized spacial score (nSPS) is 11.8. The van der Waals surface area contributed by atoms with Crippen molar-refractivity contribution in [1.29, 1.82) is 0 Å². The van der Waals surface area contributed by atoms with E-state index in [0.717, 1.165) is 11.6 Å². The molecular weight excluding hydrogens is 459 g/mol. The third kappa shape index (κ3) is 3.97. The van der Waals surface area contributed by atoms with Crippen LogP contribution in [0.1, 0.15) is 16.1 Å². The van der Waals surface area contributed by atoms with E-state index in [0.29, 0.717) is 22.2 Å². The largest absolute Gasteiger partial charge is 0.433 e. The van der Waals surface area contributed by atoms with E-state index in [1.54, 1.807) is 53.1 Å². The number of aryl methyl sites for hydroxylation is 1. The minimum absolute atomic E-state index is 0.0396. The molecule has 0 fully saturated rings. The van der Waals surface area contributed by atoms with Crippen molar-refractivity contribution < 1.29 is 18.0 Å². The number of fused-ring (bicyclic) bond motifs is 1. The molecule has 35 heavy (non-hydrogen) atoms. The van der Waals surface area contributed by atoms with Crippen molar-refractivity contribution in [2.45, 2.75) is 6.18 Å². The van der Waals surface area contributed by atoms with Gasteiger partial charge in [0.2, 0.25) is 5.91 Å². The molecule has 0 unspecified atom stereocenters. The van der Waals surface area contributed by atoms with Crippen molar-refractivity contribution >= 4 is 22.4 Å². The Morgan fingerprint density at radius 1 is 1.06 bits per heavy atom. The summed E-state index contributed by atoms with van der Waals surface area (Å²) in [5.74, 6) is -0.697. The maximum Gasteiger partial charge on any atom is 0.433 e. The number of hydrogen-bond donors (Lipinski definition) is 2. The average Bonchev–Trinajstić information content (AvgIpc) is 3.46. The number of pyridine rings is 1. The van der Waals surface area contributed by atoms with Crippen molar-refractivity contribution in [1.82, 2.24) is 24.3 Å². The number of alkyl halides is 3. The first kappa shape index (κ1) is 22.1. The van der Waals surface area contributed by atoms with Crippen molar-refractivity contribution in [3.8, 4) is 28.2 Å². The third-order valence-corrected chi connectivity index (χ3v) is 5.59. The number of halogens is 3. The Kier molecular flexibility index (Phi) is 5.04. The maximum absolute atomic E-state index is 13.9. The van der Waals surface area contributed by atoms with E-state index >= 15 is 0 Å². The van der Waals surface area contributed by atoms with Crippen LogP contribution < -0.4 is 11.5 Å². The van der Waals surface area contributed by atoms with Crippen LogP contribution in [0.3, 0.4) is 0 Å². The number of primary amides is 1. The quantitative estimate of drug-likeness (QED) is 0.377. The Balaban J connectivity index is 1.74. The van der Waals surface area contributed by atoms with Crippen molar-refractivity contribution in [2.24, 2.45) is 12.8 Å². The first-order chi connectivity index (χ1) is 16.6. The lowest BCUT2D eigenvalue weighted by Gasteiger charge is -2.16. The SMILES string of the molecule is Cn1cc(-c2cn(-c3cccc4c(-c5ccc(C(N)=O)cc5N)nc(C(F)(F)F)cc34)cn2)cn1. The molecule has 0 radical (unpaired) electrons. The van der Waals surface area contributed by atoms with Gasteiger partial charge in [-0.25, -0.2) is 9.97 Å². The van der Waals surface area contributed by atoms with E-state index in [-0.39, 0.29) is 22.5 Å². The summed E-state index contributed by atoms with van der Waals surface area (Å²) >= 11 is 0. The topological polar surface area (TPSA) is 118 Å². The van der Waals surface area contributed by atoms with E-state index in [2.05, 4.69) is 15.1 Å². The van der Waals surface area contributed by atoms with Crippen molar-refractivity contribution in [3.63, 3.8) is 0 Å². The molecule has 3 heterocycles. The number of imidazole rings is 1. The van der Waals surface area contributed by atoms with Gasteiger partial charge in [-0.05, 0) is 30.3 Å². The molecule has 5 aromatic rings. The van der Waals surface area contributed by atoms with Gasteiger partial charge in [0.1, 0.15) is 5.69 Å². The molecule has 0 aliphatic rings. The predicted octanol–water partition coefficient (Wildman–Crippen LogP) is 4.19. The fourth-order valence-corrected chi connectivity index (χ4v) is 3.93. The predicted molar refractivity (Wildman–Crippen MR) is 124 cm³/mol. The van der Waals surface area contributed by atoms with Gasteiger partial charge in [-0.1, -0.05) is 12.1 Å². The van der Waals surface area contributed by atoms with E-state index in [4.69, 9.17) is 11.5 Å². The van der Waals surface area contributed by atoms with Gasteiger partial charge in [0.15, 0.2) is 0 Å². The van der Waals surface area contributed by atoms with E-state index in [1.807, 2.05) is 0 Å². The van der Waals surface area contributed by atoms with Gasteiger partial charge in [-0.3, -0.25) is 9.48 Å². The lowest BCUT2D eigenvalue weighted by Crippen LogP contribution is -2.12. The molecule has 4 N–H and O–H groups in total. The number of anilines is 1. The molecule has 0 bridgehead atoms. The van der Waals surface area contributed by atoms with Gasteiger partial charge in [0, 0.05) is 52.6 Å². The van der Waals surface area contributed by atoms with Gasteiger partial charge in [0.05, 0.1) is 29.6 Å². The second-order valence-electron chi connectivity index (χ2n) is 7.96. The molecule has 0 spiro atoms. The molecule has 0 aliphatic heterocycles. The second kappa shape index (κ2) is 7.97. The molecule has 11 heteroatoms. The molecule has 8 nitrogen and oxygen atoms in total. The number of rotatable bonds is 4. The van der Waals surface area contributed by atoms with E-state index < -0.39 is 17.8 Å². The highest BCUT2D eigenvalue weighted by atomic mass is 19.4. The fraction of sp³-hybridized carbons (Fsp3) is 0.0833. The number of amides is 1. The molecule has 3 aromatic heterocycles. The molecular formula is C24H18F3N7O. The number of aromatic nitrogens is 5. The minimum Gasteiger partial charge on any atom is -0.398 e. The number of nitrogen functional groups attached to an aromatic ring is 1. The highest BCUT2D eigenvalue weighted by Crippen LogP contribution is 2.38. The second-order valence-corrected chi connectivity index (χ2v) is 7.96. The summed E-state index contributed by atoms with van der Waals surface area (Å²) < 4.78 is 44.9. The zero-order valence-corrected chi connectivity index (χ0v) is 18.3. The molecule has 0 saturated carbocycles. The van der Waals surface area contributed by atoms with Gasteiger partial charge in [-0.2, -0.15) is 18.3 Å². The van der Waals surface area contributed by atoms with Crippen LogP contribution in [0, 0.1) is 0 Å². The summed E-state index contributed by atoms with van der Waals surface area (Å²) in [6.07, 6.45) is 1.99. The Hall–Kier alpha value is -4.67.